The molecule has 4 heterocycles. The molecule has 1 atom stereocenters. The van der Waals surface area contributed by atoms with Gasteiger partial charge in [0, 0.05) is 51.2 Å². The molecule has 2 aromatic heterocycles. The van der Waals surface area contributed by atoms with Gasteiger partial charge in [-0.05, 0) is 26.2 Å². The van der Waals surface area contributed by atoms with Gasteiger partial charge in [-0.1, -0.05) is 0 Å². The number of hydrogen-bond acceptors (Lipinski definition) is 6. The van der Waals surface area contributed by atoms with Crippen molar-refractivity contribution in [2.45, 2.75) is 32.2 Å². The molecule has 0 aromatic carbocycles. The lowest BCUT2D eigenvalue weighted by atomic mass is 10.0. The summed E-state index contributed by atoms with van der Waals surface area (Å²) in [5.41, 5.74) is 0.786. The number of amides is 1. The van der Waals surface area contributed by atoms with Gasteiger partial charge in [0.05, 0.1) is 6.54 Å². The minimum Gasteiger partial charge on any atom is -0.351 e. The van der Waals surface area contributed by atoms with Gasteiger partial charge >= 0.3 is 0 Å². The van der Waals surface area contributed by atoms with E-state index in [1.165, 1.54) is 6.42 Å². The van der Waals surface area contributed by atoms with Crippen LogP contribution in [0.15, 0.2) is 18.7 Å². The van der Waals surface area contributed by atoms with Crippen LogP contribution >= 0.6 is 0 Å². The molecule has 0 saturated carbocycles. The predicted molar refractivity (Wildman–Crippen MR) is 94.5 cm³/mol. The molecule has 0 spiro atoms. The van der Waals surface area contributed by atoms with Crippen molar-refractivity contribution < 1.29 is 4.79 Å². The van der Waals surface area contributed by atoms with Crippen LogP contribution in [0.4, 0.5) is 5.82 Å². The van der Waals surface area contributed by atoms with Gasteiger partial charge in [-0.2, -0.15) is 0 Å². The molecule has 2 fully saturated rings. The van der Waals surface area contributed by atoms with Crippen LogP contribution in [0.2, 0.25) is 0 Å². The Hall–Kier alpha value is -2.22. The molecule has 1 amide bonds. The maximum absolute atomic E-state index is 12.6. The van der Waals surface area contributed by atoms with Crippen molar-refractivity contribution in [1.82, 2.24) is 29.4 Å². The first-order valence-corrected chi connectivity index (χ1v) is 9.13. The number of carbonyl (C=O) groups excluding carboxylic acids is 1. The van der Waals surface area contributed by atoms with Gasteiger partial charge < -0.3 is 9.80 Å². The van der Waals surface area contributed by atoms with Crippen LogP contribution in [0.1, 0.15) is 26.2 Å². The first-order valence-electron chi connectivity index (χ1n) is 9.13. The largest absolute Gasteiger partial charge is 0.351 e. The highest BCUT2D eigenvalue weighted by molar-refractivity contribution is 5.78. The smallest absolute Gasteiger partial charge is 0.236 e. The average molecular weight is 343 g/mol. The van der Waals surface area contributed by atoms with Crippen LogP contribution in [-0.4, -0.2) is 80.6 Å². The highest BCUT2D eigenvalue weighted by atomic mass is 16.2. The third-order valence-electron chi connectivity index (χ3n) is 5.35. The lowest BCUT2D eigenvalue weighted by Crippen LogP contribution is -2.52. The fraction of sp³-hybridized carbons (Fsp3) is 0.647. The summed E-state index contributed by atoms with van der Waals surface area (Å²) in [6.45, 7) is 7.04. The van der Waals surface area contributed by atoms with Crippen molar-refractivity contribution in [2.75, 3.05) is 44.2 Å². The van der Waals surface area contributed by atoms with Crippen LogP contribution in [0.5, 0.6) is 0 Å². The Bertz CT molecular complexity index is 737. The Labute approximate surface area is 147 Å². The second kappa shape index (κ2) is 6.95. The summed E-state index contributed by atoms with van der Waals surface area (Å²) >= 11 is 0. The normalized spacial score (nSPS) is 22.5. The van der Waals surface area contributed by atoms with Crippen LogP contribution in [0, 0.1) is 0 Å². The van der Waals surface area contributed by atoms with E-state index in [-0.39, 0.29) is 5.91 Å². The first kappa shape index (κ1) is 16.3. The molecule has 2 aromatic rings. The molecule has 25 heavy (non-hydrogen) atoms. The molecule has 134 valence electrons. The summed E-state index contributed by atoms with van der Waals surface area (Å²) in [5.74, 6) is 1.15. The third-order valence-corrected chi connectivity index (χ3v) is 5.35. The standard InChI is InChI=1S/C17H25N7O/c1-14-4-2-3-6-24(14)15(25)12-21-8-10-22(11-9-21)16-17-20-19-13-23(17)7-5-18-16/h5,7,13-14H,2-4,6,8-12H2,1H3. The van der Waals surface area contributed by atoms with Crippen LogP contribution in [-0.2, 0) is 4.79 Å². The van der Waals surface area contributed by atoms with E-state index in [1.54, 1.807) is 12.5 Å². The monoisotopic (exact) mass is 343 g/mol. The number of aromatic nitrogens is 4. The number of likely N-dealkylation sites (tertiary alicyclic amines) is 1. The number of piperazine rings is 1. The predicted octanol–water partition coefficient (Wildman–Crippen LogP) is 0.647. The molecular weight excluding hydrogens is 318 g/mol. The molecule has 2 aliphatic heterocycles. The Morgan fingerprint density at radius 3 is 2.84 bits per heavy atom. The van der Waals surface area contributed by atoms with Crippen molar-refractivity contribution in [2.24, 2.45) is 0 Å². The molecule has 0 bridgehead atoms. The van der Waals surface area contributed by atoms with Crippen molar-refractivity contribution in [1.29, 1.82) is 0 Å². The van der Waals surface area contributed by atoms with Gasteiger partial charge in [0.1, 0.15) is 6.33 Å². The maximum atomic E-state index is 12.6. The van der Waals surface area contributed by atoms with Gasteiger partial charge in [-0.25, -0.2) is 4.98 Å². The molecular formula is C17H25N7O. The van der Waals surface area contributed by atoms with Crippen molar-refractivity contribution in [3.05, 3.63) is 18.7 Å². The molecule has 8 heteroatoms. The molecule has 2 aliphatic rings. The molecule has 2 saturated heterocycles. The summed E-state index contributed by atoms with van der Waals surface area (Å²) in [7, 11) is 0. The topological polar surface area (TPSA) is 69.9 Å². The molecule has 0 aliphatic carbocycles. The minimum absolute atomic E-state index is 0.276. The van der Waals surface area contributed by atoms with Crippen LogP contribution < -0.4 is 4.90 Å². The highest BCUT2D eigenvalue weighted by Crippen LogP contribution is 2.19. The summed E-state index contributed by atoms with van der Waals surface area (Å²) in [6, 6.07) is 0.386. The van der Waals surface area contributed by atoms with E-state index in [0.717, 1.165) is 57.0 Å². The second-order valence-electron chi connectivity index (χ2n) is 7.01. The van der Waals surface area contributed by atoms with Gasteiger partial charge in [-0.15, -0.1) is 10.2 Å². The van der Waals surface area contributed by atoms with E-state index < -0.39 is 0 Å². The Kier molecular flexibility index (Phi) is 4.52. The lowest BCUT2D eigenvalue weighted by molar-refractivity contribution is -0.135. The first-order chi connectivity index (χ1) is 12.2. The van der Waals surface area contributed by atoms with Gasteiger partial charge in [-0.3, -0.25) is 14.1 Å². The third kappa shape index (κ3) is 3.30. The zero-order chi connectivity index (χ0) is 17.2. The van der Waals surface area contributed by atoms with E-state index in [0.29, 0.717) is 12.6 Å². The number of nitrogens with zero attached hydrogens (tertiary/aromatic N) is 7. The molecule has 0 N–H and O–H groups in total. The Morgan fingerprint density at radius 1 is 1.20 bits per heavy atom. The van der Waals surface area contributed by atoms with Crippen molar-refractivity contribution >= 4 is 17.4 Å². The summed E-state index contributed by atoms with van der Waals surface area (Å²) in [4.78, 5) is 23.6. The number of piperidine rings is 1. The maximum Gasteiger partial charge on any atom is 0.236 e. The summed E-state index contributed by atoms with van der Waals surface area (Å²) in [6.07, 6.45) is 8.83. The van der Waals surface area contributed by atoms with E-state index >= 15 is 0 Å². The highest BCUT2D eigenvalue weighted by Gasteiger charge is 2.27. The van der Waals surface area contributed by atoms with Gasteiger partial charge in [0.25, 0.3) is 0 Å². The van der Waals surface area contributed by atoms with E-state index in [2.05, 4.69) is 36.8 Å². The lowest BCUT2D eigenvalue weighted by Gasteiger charge is -2.38. The Morgan fingerprint density at radius 2 is 2.04 bits per heavy atom. The Balaban J connectivity index is 1.35. The zero-order valence-corrected chi connectivity index (χ0v) is 14.7. The quantitative estimate of drug-likeness (QED) is 0.815. The minimum atomic E-state index is 0.276. The number of anilines is 1. The number of hydrogen-bond donors (Lipinski definition) is 0. The molecule has 0 radical (unpaired) electrons. The van der Waals surface area contributed by atoms with Crippen molar-refractivity contribution in [3.8, 4) is 0 Å². The van der Waals surface area contributed by atoms with E-state index in [9.17, 15) is 4.79 Å². The van der Waals surface area contributed by atoms with Gasteiger partial charge in [0.2, 0.25) is 11.6 Å². The molecule has 8 nitrogen and oxygen atoms in total. The van der Waals surface area contributed by atoms with Crippen molar-refractivity contribution in [3.63, 3.8) is 0 Å². The fourth-order valence-corrected chi connectivity index (χ4v) is 3.84. The fourth-order valence-electron chi connectivity index (χ4n) is 3.84. The van der Waals surface area contributed by atoms with E-state index in [1.807, 2.05) is 10.6 Å². The second-order valence-corrected chi connectivity index (χ2v) is 7.01. The number of rotatable bonds is 3. The van der Waals surface area contributed by atoms with Gasteiger partial charge in [0.15, 0.2) is 5.82 Å². The summed E-state index contributed by atoms with van der Waals surface area (Å²) in [5, 5.41) is 8.12. The van der Waals surface area contributed by atoms with Crippen LogP contribution in [0.3, 0.4) is 0 Å². The van der Waals surface area contributed by atoms with E-state index in [4.69, 9.17) is 0 Å². The van der Waals surface area contributed by atoms with Crippen LogP contribution in [0.25, 0.3) is 5.65 Å². The number of carbonyl (C=O) groups is 1. The molecule has 4 rings (SSSR count). The molecule has 1 unspecified atom stereocenters. The average Bonchev–Trinajstić information content (AvgIpc) is 3.11. The summed E-state index contributed by atoms with van der Waals surface area (Å²) < 4.78 is 1.88. The number of fused-ring (bicyclic) bond motifs is 1. The zero-order valence-electron chi connectivity index (χ0n) is 14.7. The SMILES string of the molecule is CC1CCCCN1C(=O)CN1CCN(c2nccn3cnnc23)CC1.